The van der Waals surface area contributed by atoms with Crippen LogP contribution in [0.4, 0.5) is 5.69 Å². The van der Waals surface area contributed by atoms with E-state index in [1.165, 1.54) is 0 Å². The number of benzene rings is 1. The predicted octanol–water partition coefficient (Wildman–Crippen LogP) is 4.33. The van der Waals surface area contributed by atoms with Gasteiger partial charge in [-0.05, 0) is 44.1 Å². The monoisotopic (exact) mass is 293 g/mol. The number of ether oxygens (including phenoxy) is 1. The van der Waals surface area contributed by atoms with E-state index in [0.717, 1.165) is 37.8 Å². The molecule has 0 atom stereocenters. The Morgan fingerprint density at radius 1 is 1.10 bits per heavy atom. The van der Waals surface area contributed by atoms with Gasteiger partial charge in [-0.3, -0.25) is 4.79 Å². The zero-order valence-corrected chi connectivity index (χ0v) is 12.9. The fraction of sp³-hybridized carbons (Fsp3) is 0.500. The molecule has 1 rings (SSSR count). The lowest BCUT2D eigenvalue weighted by Crippen LogP contribution is -2.10. The van der Waals surface area contributed by atoms with Crippen LogP contribution in [0, 0.1) is 0 Å². The first-order valence-electron chi connectivity index (χ1n) is 7.23. The number of anilines is 1. The second kappa shape index (κ2) is 10.4. The van der Waals surface area contributed by atoms with Crippen LogP contribution in [0.3, 0.4) is 0 Å². The molecular formula is C16H23NO2S. The second-order valence-electron chi connectivity index (χ2n) is 4.63. The third kappa shape index (κ3) is 7.89. The van der Waals surface area contributed by atoms with E-state index in [4.69, 9.17) is 17.0 Å². The maximum atomic E-state index is 11.7. The van der Waals surface area contributed by atoms with Crippen molar-refractivity contribution in [2.75, 3.05) is 11.9 Å². The molecule has 0 radical (unpaired) electrons. The van der Waals surface area contributed by atoms with E-state index in [1.54, 1.807) is 0 Å². The number of carbonyl (C=O) groups is 1. The van der Waals surface area contributed by atoms with E-state index in [-0.39, 0.29) is 5.91 Å². The summed E-state index contributed by atoms with van der Waals surface area (Å²) in [7, 11) is 0. The number of hydrogen-bond donors (Lipinski definition) is 1. The largest absolute Gasteiger partial charge is 0.487 e. The predicted molar refractivity (Wildman–Crippen MR) is 87.0 cm³/mol. The zero-order chi connectivity index (χ0) is 14.6. The van der Waals surface area contributed by atoms with Crippen molar-refractivity contribution in [2.45, 2.75) is 45.4 Å². The molecule has 4 heteroatoms. The molecule has 1 amide bonds. The van der Waals surface area contributed by atoms with Gasteiger partial charge in [0, 0.05) is 18.5 Å². The van der Waals surface area contributed by atoms with Crippen LogP contribution in [0.2, 0.25) is 0 Å². The molecule has 0 unspecified atom stereocenters. The highest BCUT2D eigenvalue weighted by molar-refractivity contribution is 7.80. The summed E-state index contributed by atoms with van der Waals surface area (Å²) in [5.74, 6) is 0.0843. The molecule has 1 aromatic carbocycles. The summed E-state index contributed by atoms with van der Waals surface area (Å²) in [5.41, 5.74) is 0.861. The van der Waals surface area contributed by atoms with E-state index >= 15 is 0 Å². The molecule has 0 saturated heterocycles. The molecule has 1 aromatic rings. The Morgan fingerprint density at radius 3 is 2.40 bits per heavy atom. The van der Waals surface area contributed by atoms with Gasteiger partial charge in [-0.1, -0.05) is 31.0 Å². The molecule has 0 spiro atoms. The number of unbranched alkanes of at least 4 members (excludes halogenated alkanes) is 3. The first-order valence-corrected chi connectivity index (χ1v) is 7.63. The third-order valence-corrected chi connectivity index (χ3v) is 3.22. The highest BCUT2D eigenvalue weighted by atomic mass is 32.1. The quantitative estimate of drug-likeness (QED) is 0.544. The fourth-order valence-electron chi connectivity index (χ4n) is 1.89. The van der Waals surface area contributed by atoms with Gasteiger partial charge >= 0.3 is 0 Å². The Balaban J connectivity index is 2.01. The lowest BCUT2D eigenvalue weighted by atomic mass is 10.1. The van der Waals surface area contributed by atoms with Crippen LogP contribution in [0.15, 0.2) is 30.3 Å². The van der Waals surface area contributed by atoms with Crippen molar-refractivity contribution in [1.29, 1.82) is 0 Å². The maximum Gasteiger partial charge on any atom is 0.224 e. The molecule has 110 valence electrons. The summed E-state index contributed by atoms with van der Waals surface area (Å²) in [6.07, 6.45) is 5.52. The Labute approximate surface area is 126 Å². The zero-order valence-electron chi connectivity index (χ0n) is 12.1. The van der Waals surface area contributed by atoms with E-state index in [1.807, 2.05) is 37.3 Å². The Morgan fingerprint density at radius 2 is 1.75 bits per heavy atom. The van der Waals surface area contributed by atoms with Gasteiger partial charge in [0.1, 0.15) is 0 Å². The van der Waals surface area contributed by atoms with Gasteiger partial charge in [0.05, 0.1) is 6.61 Å². The Bertz CT molecular complexity index is 406. The molecule has 1 N–H and O–H groups in total. The van der Waals surface area contributed by atoms with Gasteiger partial charge in [-0.25, -0.2) is 0 Å². The van der Waals surface area contributed by atoms with Crippen molar-refractivity contribution in [1.82, 2.24) is 0 Å². The van der Waals surface area contributed by atoms with Crippen LogP contribution in [0.25, 0.3) is 0 Å². The number of para-hydroxylation sites is 1. The second-order valence-corrected chi connectivity index (χ2v) is 5.09. The van der Waals surface area contributed by atoms with Crippen molar-refractivity contribution in [3.63, 3.8) is 0 Å². The van der Waals surface area contributed by atoms with E-state index in [9.17, 15) is 4.79 Å². The SMILES string of the molecule is CCOC(=S)CCCCCCC(=O)Nc1ccccc1. The maximum absolute atomic E-state index is 11.7. The van der Waals surface area contributed by atoms with Gasteiger partial charge in [0.25, 0.3) is 0 Å². The number of nitrogens with one attached hydrogen (secondary N) is 1. The number of hydrogen-bond acceptors (Lipinski definition) is 3. The lowest BCUT2D eigenvalue weighted by Gasteiger charge is -2.06. The van der Waals surface area contributed by atoms with Crippen LogP contribution in [-0.4, -0.2) is 17.6 Å². The highest BCUT2D eigenvalue weighted by Gasteiger charge is 2.02. The van der Waals surface area contributed by atoms with Crippen LogP contribution in [0.1, 0.15) is 45.4 Å². The minimum Gasteiger partial charge on any atom is -0.487 e. The molecule has 0 fully saturated rings. The Hall–Kier alpha value is -1.42. The minimum absolute atomic E-state index is 0.0843. The average Bonchev–Trinajstić information content (AvgIpc) is 2.44. The van der Waals surface area contributed by atoms with Crippen molar-refractivity contribution in [3.05, 3.63) is 30.3 Å². The summed E-state index contributed by atoms with van der Waals surface area (Å²) in [6, 6.07) is 9.55. The molecule has 0 bridgehead atoms. The molecular weight excluding hydrogens is 270 g/mol. The van der Waals surface area contributed by atoms with Gasteiger partial charge in [-0.15, -0.1) is 0 Å². The van der Waals surface area contributed by atoms with Crippen LogP contribution in [0.5, 0.6) is 0 Å². The third-order valence-electron chi connectivity index (χ3n) is 2.90. The first kappa shape index (κ1) is 16.6. The molecule has 0 aliphatic heterocycles. The van der Waals surface area contributed by atoms with E-state index in [0.29, 0.717) is 18.1 Å². The van der Waals surface area contributed by atoms with Crippen molar-refractivity contribution in [2.24, 2.45) is 0 Å². The minimum atomic E-state index is 0.0843. The Kier molecular flexibility index (Phi) is 8.63. The summed E-state index contributed by atoms with van der Waals surface area (Å²) in [6.45, 7) is 2.59. The molecule has 3 nitrogen and oxygen atoms in total. The van der Waals surface area contributed by atoms with Crippen LogP contribution in [-0.2, 0) is 9.53 Å². The normalized spacial score (nSPS) is 10.1. The first-order chi connectivity index (χ1) is 9.72. The fourth-order valence-corrected chi connectivity index (χ4v) is 2.15. The van der Waals surface area contributed by atoms with Crippen molar-refractivity contribution in [3.8, 4) is 0 Å². The number of rotatable bonds is 9. The van der Waals surface area contributed by atoms with E-state index in [2.05, 4.69) is 5.32 Å². The van der Waals surface area contributed by atoms with Crippen molar-refractivity contribution < 1.29 is 9.53 Å². The molecule has 20 heavy (non-hydrogen) atoms. The number of carbonyl (C=O) groups excluding carboxylic acids is 1. The topological polar surface area (TPSA) is 38.3 Å². The summed E-state index contributed by atoms with van der Waals surface area (Å²) >= 11 is 5.06. The van der Waals surface area contributed by atoms with Crippen LogP contribution >= 0.6 is 12.2 Å². The number of amides is 1. The van der Waals surface area contributed by atoms with Gasteiger partial charge in [0.15, 0.2) is 5.05 Å². The molecule has 0 aliphatic rings. The molecule has 0 heterocycles. The smallest absolute Gasteiger partial charge is 0.224 e. The highest BCUT2D eigenvalue weighted by Crippen LogP contribution is 2.09. The molecule has 0 aromatic heterocycles. The lowest BCUT2D eigenvalue weighted by molar-refractivity contribution is -0.116. The van der Waals surface area contributed by atoms with Gasteiger partial charge < -0.3 is 10.1 Å². The van der Waals surface area contributed by atoms with Gasteiger partial charge in [-0.2, -0.15) is 0 Å². The average molecular weight is 293 g/mol. The van der Waals surface area contributed by atoms with Crippen LogP contribution < -0.4 is 5.32 Å². The number of thiocarbonyl (C=S) groups is 1. The van der Waals surface area contributed by atoms with Gasteiger partial charge in [0.2, 0.25) is 5.91 Å². The summed E-state index contributed by atoms with van der Waals surface area (Å²) in [5, 5.41) is 3.59. The molecule has 0 saturated carbocycles. The summed E-state index contributed by atoms with van der Waals surface area (Å²) < 4.78 is 5.22. The van der Waals surface area contributed by atoms with Crippen molar-refractivity contribution >= 4 is 28.9 Å². The van der Waals surface area contributed by atoms with E-state index < -0.39 is 0 Å². The summed E-state index contributed by atoms with van der Waals surface area (Å²) in [4.78, 5) is 11.7. The molecule has 0 aliphatic carbocycles. The standard InChI is InChI=1S/C16H23NO2S/c1-2-19-16(20)13-9-4-3-8-12-15(18)17-14-10-6-5-7-11-14/h5-7,10-11H,2-4,8-9,12-13H2,1H3,(H,17,18).